The molecule has 0 aromatic carbocycles. The summed E-state index contributed by atoms with van der Waals surface area (Å²) < 4.78 is 0. The molecule has 4 rings (SSSR count). The van der Waals surface area contributed by atoms with Crippen LogP contribution in [0.5, 0.6) is 0 Å². The Labute approximate surface area is 124 Å². The van der Waals surface area contributed by atoms with Gasteiger partial charge in [0.15, 0.2) is 0 Å². The van der Waals surface area contributed by atoms with Crippen molar-refractivity contribution in [2.75, 3.05) is 18.0 Å². The Balaban J connectivity index is 1.70. The molecule has 2 aromatic heterocycles. The van der Waals surface area contributed by atoms with E-state index >= 15 is 0 Å². The van der Waals surface area contributed by atoms with E-state index in [9.17, 15) is 4.79 Å². The van der Waals surface area contributed by atoms with Crippen molar-refractivity contribution < 1.29 is 0 Å². The molecular weight excluding hydrogens is 262 g/mol. The van der Waals surface area contributed by atoms with Crippen molar-refractivity contribution in [1.29, 1.82) is 0 Å². The van der Waals surface area contributed by atoms with Gasteiger partial charge in [-0.3, -0.25) is 9.78 Å². The second-order valence-electron chi connectivity index (χ2n) is 6.48. The lowest BCUT2D eigenvalue weighted by molar-refractivity contribution is 0.184. The van der Waals surface area contributed by atoms with Gasteiger partial charge in [0.05, 0.1) is 17.4 Å². The van der Waals surface area contributed by atoms with Crippen LogP contribution >= 0.6 is 0 Å². The van der Waals surface area contributed by atoms with E-state index in [-0.39, 0.29) is 5.56 Å². The molecule has 1 N–H and O–H groups in total. The Kier molecular flexibility index (Phi) is 3.17. The molecule has 4 heteroatoms. The van der Waals surface area contributed by atoms with Crippen LogP contribution in [-0.4, -0.2) is 23.1 Å². The summed E-state index contributed by atoms with van der Waals surface area (Å²) in [6, 6.07) is 3.76. The lowest BCUT2D eigenvalue weighted by Crippen LogP contribution is -2.40. The molecule has 3 heterocycles. The number of H-pyrrole nitrogens is 1. The lowest BCUT2D eigenvalue weighted by Gasteiger charge is -2.41. The molecular formula is C17H21N3O. The zero-order chi connectivity index (χ0) is 14.2. The van der Waals surface area contributed by atoms with Gasteiger partial charge in [-0.15, -0.1) is 0 Å². The molecule has 1 saturated carbocycles. The van der Waals surface area contributed by atoms with Gasteiger partial charge in [-0.25, -0.2) is 0 Å². The van der Waals surface area contributed by atoms with Gasteiger partial charge in [0.25, 0.3) is 5.56 Å². The number of hydrogen-bond acceptors (Lipinski definition) is 3. The minimum Gasteiger partial charge on any atom is -0.371 e. The number of anilines is 1. The van der Waals surface area contributed by atoms with E-state index in [1.165, 1.54) is 32.1 Å². The third-order valence-corrected chi connectivity index (χ3v) is 5.24. The SMILES string of the molecule is O=c1cc(N2CCCC(C3CCC3)C2)c2ccncc2[nH]1. The first kappa shape index (κ1) is 12.9. The van der Waals surface area contributed by atoms with Gasteiger partial charge < -0.3 is 9.88 Å². The molecule has 21 heavy (non-hydrogen) atoms. The largest absolute Gasteiger partial charge is 0.371 e. The summed E-state index contributed by atoms with van der Waals surface area (Å²) in [5.74, 6) is 1.73. The van der Waals surface area contributed by atoms with Crippen LogP contribution in [0.3, 0.4) is 0 Å². The van der Waals surface area contributed by atoms with E-state index in [2.05, 4.69) is 14.9 Å². The Hall–Kier alpha value is -1.84. The van der Waals surface area contributed by atoms with E-state index in [4.69, 9.17) is 0 Å². The quantitative estimate of drug-likeness (QED) is 0.922. The Morgan fingerprint density at radius 1 is 1.19 bits per heavy atom. The van der Waals surface area contributed by atoms with E-state index in [0.717, 1.165) is 41.5 Å². The third kappa shape index (κ3) is 2.33. The fourth-order valence-electron chi connectivity index (χ4n) is 3.87. The molecule has 1 unspecified atom stereocenters. The summed E-state index contributed by atoms with van der Waals surface area (Å²) in [5.41, 5.74) is 1.89. The van der Waals surface area contributed by atoms with Crippen molar-refractivity contribution in [2.45, 2.75) is 32.1 Å². The van der Waals surface area contributed by atoms with Crippen LogP contribution in [0.25, 0.3) is 10.9 Å². The summed E-state index contributed by atoms with van der Waals surface area (Å²) in [4.78, 5) is 21.3. The van der Waals surface area contributed by atoms with Gasteiger partial charge in [0, 0.05) is 30.7 Å². The van der Waals surface area contributed by atoms with Crippen LogP contribution in [0.4, 0.5) is 5.69 Å². The van der Waals surface area contributed by atoms with Crippen molar-refractivity contribution >= 4 is 16.6 Å². The summed E-state index contributed by atoms with van der Waals surface area (Å²) >= 11 is 0. The summed E-state index contributed by atoms with van der Waals surface area (Å²) in [7, 11) is 0. The second-order valence-corrected chi connectivity index (χ2v) is 6.48. The molecule has 110 valence electrons. The lowest BCUT2D eigenvalue weighted by atomic mass is 9.73. The number of aromatic nitrogens is 2. The number of nitrogens with zero attached hydrogens (tertiary/aromatic N) is 2. The zero-order valence-electron chi connectivity index (χ0n) is 12.2. The van der Waals surface area contributed by atoms with Gasteiger partial charge in [-0.1, -0.05) is 19.3 Å². The molecule has 1 saturated heterocycles. The third-order valence-electron chi connectivity index (χ3n) is 5.24. The highest BCUT2D eigenvalue weighted by Gasteiger charge is 2.31. The first-order chi connectivity index (χ1) is 10.3. The topological polar surface area (TPSA) is 49.0 Å². The molecule has 1 aliphatic heterocycles. The minimum absolute atomic E-state index is 0.0312. The predicted molar refractivity (Wildman–Crippen MR) is 84.6 cm³/mol. The molecule has 2 fully saturated rings. The van der Waals surface area contributed by atoms with Crippen molar-refractivity contribution in [3.05, 3.63) is 34.9 Å². The van der Waals surface area contributed by atoms with Crippen LogP contribution in [-0.2, 0) is 0 Å². The fourth-order valence-corrected chi connectivity index (χ4v) is 3.87. The van der Waals surface area contributed by atoms with E-state index in [1.54, 1.807) is 18.5 Å². The van der Waals surface area contributed by atoms with Gasteiger partial charge in [-0.05, 0) is 30.7 Å². The average Bonchev–Trinajstić information content (AvgIpc) is 2.45. The molecule has 0 amide bonds. The van der Waals surface area contributed by atoms with Crippen molar-refractivity contribution in [1.82, 2.24) is 9.97 Å². The smallest absolute Gasteiger partial charge is 0.250 e. The molecule has 2 aromatic rings. The number of pyridine rings is 2. The molecule has 0 spiro atoms. The maximum absolute atomic E-state index is 11.9. The highest BCUT2D eigenvalue weighted by molar-refractivity contribution is 5.90. The van der Waals surface area contributed by atoms with Crippen molar-refractivity contribution in [3.8, 4) is 0 Å². The predicted octanol–water partition coefficient (Wildman–Crippen LogP) is 2.94. The summed E-state index contributed by atoms with van der Waals surface area (Å²) in [5, 5.41) is 1.11. The van der Waals surface area contributed by atoms with Crippen LogP contribution in [0, 0.1) is 11.8 Å². The first-order valence-electron chi connectivity index (χ1n) is 8.03. The Morgan fingerprint density at radius 3 is 2.86 bits per heavy atom. The molecule has 2 aliphatic rings. The molecule has 1 aliphatic carbocycles. The zero-order valence-corrected chi connectivity index (χ0v) is 12.2. The first-order valence-corrected chi connectivity index (χ1v) is 8.03. The number of piperidine rings is 1. The highest BCUT2D eigenvalue weighted by atomic mass is 16.1. The molecule has 1 atom stereocenters. The number of fused-ring (bicyclic) bond motifs is 1. The van der Waals surface area contributed by atoms with E-state index in [1.807, 2.05) is 6.07 Å². The van der Waals surface area contributed by atoms with Gasteiger partial charge in [0.2, 0.25) is 0 Å². The van der Waals surface area contributed by atoms with Gasteiger partial charge in [-0.2, -0.15) is 0 Å². The van der Waals surface area contributed by atoms with Gasteiger partial charge >= 0.3 is 0 Å². The average molecular weight is 283 g/mol. The van der Waals surface area contributed by atoms with Crippen molar-refractivity contribution in [3.63, 3.8) is 0 Å². The van der Waals surface area contributed by atoms with Gasteiger partial charge in [0.1, 0.15) is 0 Å². The Bertz CT molecular complexity index is 704. The van der Waals surface area contributed by atoms with Crippen molar-refractivity contribution in [2.24, 2.45) is 11.8 Å². The number of hydrogen-bond donors (Lipinski definition) is 1. The van der Waals surface area contributed by atoms with Crippen LogP contribution < -0.4 is 10.5 Å². The van der Waals surface area contributed by atoms with Crippen LogP contribution in [0.1, 0.15) is 32.1 Å². The maximum atomic E-state index is 11.9. The Morgan fingerprint density at radius 2 is 2.05 bits per heavy atom. The summed E-state index contributed by atoms with van der Waals surface area (Å²) in [6.07, 6.45) is 10.3. The van der Waals surface area contributed by atoms with E-state index in [0.29, 0.717) is 0 Å². The number of aromatic amines is 1. The maximum Gasteiger partial charge on any atom is 0.250 e. The van der Waals surface area contributed by atoms with E-state index < -0.39 is 0 Å². The minimum atomic E-state index is -0.0312. The monoisotopic (exact) mass is 283 g/mol. The normalized spacial score (nSPS) is 23.2. The molecule has 4 nitrogen and oxygen atoms in total. The molecule has 0 bridgehead atoms. The number of rotatable bonds is 2. The fraction of sp³-hybridized carbons (Fsp3) is 0.529. The molecule has 0 radical (unpaired) electrons. The highest BCUT2D eigenvalue weighted by Crippen LogP contribution is 2.39. The number of nitrogens with one attached hydrogen (secondary N) is 1. The second kappa shape index (κ2) is 5.17. The summed E-state index contributed by atoms with van der Waals surface area (Å²) in [6.45, 7) is 2.16. The standard InChI is InChI=1S/C17H21N3O/c21-17-9-16(14-6-7-18-10-15(14)19-17)20-8-2-5-13(11-20)12-3-1-4-12/h6-7,9-10,12-13H,1-5,8,11H2,(H,19,21). The van der Waals surface area contributed by atoms with Crippen LogP contribution in [0.15, 0.2) is 29.3 Å². The van der Waals surface area contributed by atoms with Crippen LogP contribution in [0.2, 0.25) is 0 Å².